The van der Waals surface area contributed by atoms with Crippen molar-refractivity contribution in [2.24, 2.45) is 0 Å². The van der Waals surface area contributed by atoms with E-state index >= 15 is 0 Å². The second kappa shape index (κ2) is 7.27. The van der Waals surface area contributed by atoms with Crippen LogP contribution in [-0.4, -0.2) is 28.5 Å². The maximum atomic E-state index is 13.1. The third kappa shape index (κ3) is 3.30. The van der Waals surface area contributed by atoms with Gasteiger partial charge in [0.2, 0.25) is 0 Å². The Kier molecular flexibility index (Phi) is 5.23. The van der Waals surface area contributed by atoms with Gasteiger partial charge in [-0.15, -0.1) is 0 Å². The van der Waals surface area contributed by atoms with E-state index in [4.69, 9.17) is 23.2 Å². The van der Waals surface area contributed by atoms with Crippen molar-refractivity contribution in [3.05, 3.63) is 69.7 Å². The molecule has 5 nitrogen and oxygen atoms in total. The second-order valence-corrected chi connectivity index (χ2v) is 7.05. The van der Waals surface area contributed by atoms with Crippen LogP contribution in [0.1, 0.15) is 30.6 Å². The van der Waals surface area contributed by atoms with E-state index in [1.54, 1.807) is 48.5 Å². The lowest BCUT2D eigenvalue weighted by Crippen LogP contribution is -2.43. The fraction of sp³-hybridized carbons (Fsp3) is 0.263. The summed E-state index contributed by atoms with van der Waals surface area (Å²) in [6.07, 6.45) is -0.618. The van der Waals surface area contributed by atoms with Gasteiger partial charge < -0.3 is 10.4 Å². The fourth-order valence-electron chi connectivity index (χ4n) is 3.13. The second-order valence-electron chi connectivity index (χ2n) is 6.18. The van der Waals surface area contributed by atoms with Crippen molar-refractivity contribution in [2.45, 2.75) is 25.0 Å². The Morgan fingerprint density at radius 2 is 1.58 bits per heavy atom. The summed E-state index contributed by atoms with van der Waals surface area (Å²) >= 11 is 11.8. The van der Waals surface area contributed by atoms with Gasteiger partial charge in [0.1, 0.15) is 5.54 Å². The first-order valence-electron chi connectivity index (χ1n) is 8.21. The molecule has 1 aliphatic heterocycles. The molecule has 3 amide bonds. The van der Waals surface area contributed by atoms with Gasteiger partial charge in [0.05, 0.1) is 12.6 Å². The van der Waals surface area contributed by atoms with Crippen LogP contribution in [0.5, 0.6) is 0 Å². The molecule has 0 aliphatic carbocycles. The van der Waals surface area contributed by atoms with Crippen molar-refractivity contribution in [3.8, 4) is 0 Å². The summed E-state index contributed by atoms with van der Waals surface area (Å²) in [5.74, 6) is -0.389. The highest BCUT2D eigenvalue weighted by atomic mass is 35.5. The molecular formula is C19H18Cl2N2O3. The molecule has 1 saturated heterocycles. The minimum atomic E-state index is -1.15. The van der Waals surface area contributed by atoms with Gasteiger partial charge in [-0.05, 0) is 41.8 Å². The van der Waals surface area contributed by atoms with Gasteiger partial charge in [-0.2, -0.15) is 0 Å². The molecule has 2 N–H and O–H groups in total. The van der Waals surface area contributed by atoms with E-state index in [1.807, 2.05) is 6.92 Å². The van der Waals surface area contributed by atoms with E-state index in [2.05, 4.69) is 5.32 Å². The van der Waals surface area contributed by atoms with E-state index in [1.165, 1.54) is 0 Å². The average molecular weight is 393 g/mol. The molecule has 0 aromatic heterocycles. The summed E-state index contributed by atoms with van der Waals surface area (Å²) in [5.41, 5.74) is 0.0863. The molecular weight excluding hydrogens is 375 g/mol. The van der Waals surface area contributed by atoms with E-state index in [-0.39, 0.29) is 12.5 Å². The van der Waals surface area contributed by atoms with E-state index in [0.29, 0.717) is 27.6 Å². The maximum Gasteiger partial charge on any atom is 0.325 e. The quantitative estimate of drug-likeness (QED) is 0.758. The normalized spacial score (nSPS) is 21.0. The number of urea groups is 1. The first-order valence-corrected chi connectivity index (χ1v) is 8.96. The number of aliphatic hydroxyl groups excluding tert-OH is 1. The fourth-order valence-corrected chi connectivity index (χ4v) is 3.38. The predicted octanol–water partition coefficient (Wildman–Crippen LogP) is 3.88. The smallest absolute Gasteiger partial charge is 0.325 e. The third-order valence-electron chi connectivity index (χ3n) is 4.65. The number of rotatable bonds is 5. The Balaban J connectivity index is 1.85. The molecule has 3 rings (SSSR count). The van der Waals surface area contributed by atoms with Crippen LogP contribution < -0.4 is 5.32 Å². The summed E-state index contributed by atoms with van der Waals surface area (Å²) in [6.45, 7) is 1.69. The molecule has 1 fully saturated rings. The van der Waals surface area contributed by atoms with Gasteiger partial charge in [-0.1, -0.05) is 54.4 Å². The van der Waals surface area contributed by atoms with Crippen LogP contribution in [0, 0.1) is 0 Å². The molecule has 1 heterocycles. The largest absolute Gasteiger partial charge is 0.387 e. The topological polar surface area (TPSA) is 69.6 Å². The number of amides is 3. The van der Waals surface area contributed by atoms with Crippen molar-refractivity contribution in [1.29, 1.82) is 0 Å². The Morgan fingerprint density at radius 1 is 1.04 bits per heavy atom. The van der Waals surface area contributed by atoms with Crippen LogP contribution in [-0.2, 0) is 10.3 Å². The number of nitrogens with zero attached hydrogens (tertiary/aromatic N) is 1. The van der Waals surface area contributed by atoms with Crippen molar-refractivity contribution < 1.29 is 14.7 Å². The van der Waals surface area contributed by atoms with Gasteiger partial charge in [-0.25, -0.2) is 4.79 Å². The molecule has 2 atom stereocenters. The summed E-state index contributed by atoms with van der Waals surface area (Å²) in [5, 5.41) is 14.3. The van der Waals surface area contributed by atoms with Gasteiger partial charge in [0.15, 0.2) is 0 Å². The summed E-state index contributed by atoms with van der Waals surface area (Å²) in [6, 6.07) is 12.9. The number of carbonyl (C=O) groups is 2. The highest BCUT2D eigenvalue weighted by Crippen LogP contribution is 2.34. The van der Waals surface area contributed by atoms with Gasteiger partial charge in [0, 0.05) is 10.0 Å². The van der Waals surface area contributed by atoms with Crippen molar-refractivity contribution in [2.75, 3.05) is 6.54 Å². The van der Waals surface area contributed by atoms with Crippen LogP contribution in [0.4, 0.5) is 4.79 Å². The zero-order valence-corrected chi connectivity index (χ0v) is 15.6. The predicted molar refractivity (Wildman–Crippen MR) is 100 cm³/mol. The standard InChI is InChI=1S/C19H18Cl2N2O3/c1-2-19(13-5-9-15(21)10-6-13)17(25)23(18(26)22-19)11-16(24)12-3-7-14(20)8-4-12/h3-10,16,24H,2,11H2,1H3,(H,22,26)/t16-,19-/m0/s1. The van der Waals surface area contributed by atoms with Gasteiger partial charge in [-0.3, -0.25) is 9.69 Å². The highest BCUT2D eigenvalue weighted by Gasteiger charge is 2.51. The summed E-state index contributed by atoms with van der Waals surface area (Å²) in [4.78, 5) is 26.6. The number of carbonyl (C=O) groups excluding carboxylic acids is 2. The molecule has 136 valence electrons. The number of hydrogen-bond donors (Lipinski definition) is 2. The number of nitrogens with one attached hydrogen (secondary N) is 1. The van der Waals surface area contributed by atoms with E-state index < -0.39 is 17.7 Å². The Hall–Kier alpha value is -2.08. The van der Waals surface area contributed by atoms with Crippen molar-refractivity contribution in [1.82, 2.24) is 10.2 Å². The highest BCUT2D eigenvalue weighted by molar-refractivity contribution is 6.30. The van der Waals surface area contributed by atoms with Gasteiger partial charge in [0.25, 0.3) is 5.91 Å². The van der Waals surface area contributed by atoms with E-state index in [9.17, 15) is 14.7 Å². The van der Waals surface area contributed by atoms with Crippen LogP contribution in [0.15, 0.2) is 48.5 Å². The maximum absolute atomic E-state index is 13.1. The molecule has 26 heavy (non-hydrogen) atoms. The molecule has 0 radical (unpaired) electrons. The number of imide groups is 1. The zero-order valence-electron chi connectivity index (χ0n) is 14.1. The Bertz CT molecular complexity index is 824. The molecule has 0 spiro atoms. The first kappa shape index (κ1) is 18.7. The molecule has 0 bridgehead atoms. The van der Waals surface area contributed by atoms with Crippen molar-refractivity contribution >= 4 is 35.1 Å². The lowest BCUT2D eigenvalue weighted by atomic mass is 9.87. The number of β-amino-alcohol motifs (C(OH)–C–C–N with tert-alkyl or cyclic N) is 1. The number of benzene rings is 2. The van der Waals surface area contributed by atoms with Crippen LogP contribution in [0.25, 0.3) is 0 Å². The monoisotopic (exact) mass is 392 g/mol. The number of aliphatic hydroxyl groups is 1. The zero-order chi connectivity index (χ0) is 18.9. The molecule has 7 heteroatoms. The minimum Gasteiger partial charge on any atom is -0.387 e. The number of hydrogen-bond acceptors (Lipinski definition) is 3. The summed E-state index contributed by atoms with van der Waals surface area (Å²) in [7, 11) is 0. The minimum absolute atomic E-state index is 0.137. The first-order chi connectivity index (χ1) is 12.4. The molecule has 2 aromatic rings. The van der Waals surface area contributed by atoms with Crippen LogP contribution >= 0.6 is 23.2 Å². The Labute approximate surface area is 161 Å². The van der Waals surface area contributed by atoms with E-state index in [0.717, 1.165) is 4.90 Å². The SMILES string of the molecule is CC[C@@]1(c2ccc(Cl)cc2)NC(=O)N(C[C@H](O)c2ccc(Cl)cc2)C1=O. The number of halogens is 2. The molecule has 0 saturated carbocycles. The third-order valence-corrected chi connectivity index (χ3v) is 5.16. The van der Waals surface area contributed by atoms with Crippen molar-refractivity contribution in [3.63, 3.8) is 0 Å². The average Bonchev–Trinajstić information content (AvgIpc) is 2.88. The molecule has 2 aromatic carbocycles. The molecule has 1 aliphatic rings. The van der Waals surface area contributed by atoms with Crippen LogP contribution in [0.2, 0.25) is 10.0 Å². The lowest BCUT2D eigenvalue weighted by molar-refractivity contribution is -0.132. The lowest BCUT2D eigenvalue weighted by Gasteiger charge is -2.26. The van der Waals surface area contributed by atoms with Gasteiger partial charge >= 0.3 is 6.03 Å². The molecule has 0 unspecified atom stereocenters. The Morgan fingerprint density at radius 3 is 2.12 bits per heavy atom. The van der Waals surface area contributed by atoms with Crippen LogP contribution in [0.3, 0.4) is 0 Å². The summed E-state index contributed by atoms with van der Waals surface area (Å²) < 4.78 is 0.